The Morgan fingerprint density at radius 2 is 1.12 bits per heavy atom. The Morgan fingerprint density at radius 1 is 0.650 bits per heavy atom. The third kappa shape index (κ3) is 15.1. The maximum atomic E-state index is 10.3. The molecule has 0 amide bonds. The fourth-order valence-corrected chi connectivity index (χ4v) is 12.1. The zero-order valence-corrected chi connectivity index (χ0v) is 52.1. The number of ether oxygens (including phenoxy) is 2. The summed E-state index contributed by atoms with van der Waals surface area (Å²) in [7, 11) is -3.79. The van der Waals surface area contributed by atoms with Crippen molar-refractivity contribution in [2.24, 2.45) is 0 Å². The first-order valence-corrected chi connectivity index (χ1v) is 36.0. The maximum Gasteiger partial charge on any atom is 0.494 e. The van der Waals surface area contributed by atoms with E-state index in [2.05, 4.69) is 149 Å². The average Bonchev–Trinajstić information content (AvgIpc) is 4.41. The van der Waals surface area contributed by atoms with E-state index in [9.17, 15) is 10.2 Å². The molecule has 428 valence electrons. The average molecular weight is 1190 g/mol. The first-order valence-electron chi connectivity index (χ1n) is 27.8. The minimum atomic E-state index is -1.48. The maximum absolute atomic E-state index is 10.3. The SMILES string of the molecule is Cc1cnc(N[C@H]2CCC[C@H]2O)nc1-c1cn(COCC[Si](C)(C)C)c2cc(-c3c(C)noc3C)ccc12.Cc1cnc(N[C@H]2CCC[C@H]2O)nc1-c1cn(COCC[Si](C)(C)C)c2cc(Br)ccc12.Cc1noc(C)c1B(O)O. The Kier molecular flexibility index (Phi) is 19.8. The number of fused-ring (bicyclic) bond motifs is 2. The summed E-state index contributed by atoms with van der Waals surface area (Å²) in [6.45, 7) is 28.0. The van der Waals surface area contributed by atoms with Crippen LogP contribution < -0.4 is 16.1 Å². The van der Waals surface area contributed by atoms with Gasteiger partial charge in [0.1, 0.15) is 25.0 Å². The van der Waals surface area contributed by atoms with Gasteiger partial charge in [0.2, 0.25) is 11.9 Å². The standard InChI is InChI=1S/C29H39N5O3Si.C24H33BrN4O2Si.C5H8BNO3/c1-18-15-30-29(31-24-8-7-9-26(24)35)32-28(18)23-16-34(17-36-12-13-38(4,5)6)25-14-21(10-11-22(23)25)27-19(2)33-37-20(27)3;1-16-13-26-24(27-20-6-5-7-22(20)30)28-23(16)19-14-29(15-31-10-11-32(2,3)4)21-12-17(25)8-9-18(19)21;1-3-5(6(8)9)4(2)10-7-3/h10-11,14-16,24,26,35H,7-9,12-13,17H2,1-6H3,(H,30,31,32);8-9,12-14,20,22,30H,5-7,10-11,15H2,1-4H3,(H,26,27,28);8-9H,1-2H3/t24-,26+;20-,22+;/m00./s1. The molecule has 2 fully saturated rings. The van der Waals surface area contributed by atoms with Crippen molar-refractivity contribution in [3.63, 3.8) is 0 Å². The van der Waals surface area contributed by atoms with E-state index in [1.807, 2.05) is 40.1 Å². The minimum absolute atomic E-state index is 0.00993. The lowest BCUT2D eigenvalue weighted by Crippen LogP contribution is -2.32. The minimum Gasteiger partial charge on any atom is -0.423 e. The molecule has 8 aromatic rings. The second-order valence-corrected chi connectivity index (χ2v) is 36.0. The van der Waals surface area contributed by atoms with Crippen LogP contribution in [0.15, 0.2) is 74.7 Å². The van der Waals surface area contributed by atoms with Gasteiger partial charge >= 0.3 is 7.12 Å². The molecule has 2 aromatic carbocycles. The van der Waals surface area contributed by atoms with Gasteiger partial charge in [-0.25, -0.2) is 19.9 Å². The summed E-state index contributed by atoms with van der Waals surface area (Å²) in [5, 5.41) is 54.6. The van der Waals surface area contributed by atoms with Crippen LogP contribution in [0.2, 0.25) is 51.4 Å². The van der Waals surface area contributed by atoms with Crippen LogP contribution in [0.1, 0.15) is 72.6 Å². The molecule has 22 heteroatoms. The smallest absolute Gasteiger partial charge is 0.423 e. The van der Waals surface area contributed by atoms with Crippen molar-refractivity contribution in [3.8, 4) is 33.6 Å². The van der Waals surface area contributed by atoms with Gasteiger partial charge in [-0.1, -0.05) is 83.7 Å². The molecule has 0 radical (unpaired) electrons. The second-order valence-electron chi connectivity index (χ2n) is 23.9. The number of aliphatic hydroxyl groups is 2. The lowest BCUT2D eigenvalue weighted by Gasteiger charge is -2.17. The monoisotopic (exact) mass is 1190 g/mol. The highest BCUT2D eigenvalue weighted by atomic mass is 79.9. The predicted molar refractivity (Wildman–Crippen MR) is 327 cm³/mol. The second kappa shape index (κ2) is 26.1. The summed E-state index contributed by atoms with van der Waals surface area (Å²) in [5.74, 6) is 2.38. The molecule has 18 nitrogen and oxygen atoms in total. The molecule has 6 aromatic heterocycles. The van der Waals surface area contributed by atoms with Gasteiger partial charge in [-0.2, -0.15) is 0 Å². The van der Waals surface area contributed by atoms with Crippen LogP contribution in [0.3, 0.4) is 0 Å². The number of nitrogens with zero attached hydrogens (tertiary/aromatic N) is 8. The fourth-order valence-electron chi connectivity index (χ4n) is 10.3. The van der Waals surface area contributed by atoms with Crippen molar-refractivity contribution >= 4 is 78.4 Å². The largest absolute Gasteiger partial charge is 0.494 e. The molecule has 4 atom stereocenters. The molecule has 2 saturated carbocycles. The highest BCUT2D eigenvalue weighted by Crippen LogP contribution is 2.38. The number of anilines is 2. The van der Waals surface area contributed by atoms with Crippen LogP contribution in [0, 0.1) is 41.5 Å². The Bertz CT molecular complexity index is 3350. The van der Waals surface area contributed by atoms with Crippen molar-refractivity contribution in [1.29, 1.82) is 0 Å². The van der Waals surface area contributed by atoms with E-state index in [4.69, 9.17) is 34.0 Å². The molecule has 0 bridgehead atoms. The van der Waals surface area contributed by atoms with E-state index in [-0.39, 0.29) is 24.3 Å². The Hall–Kier alpha value is -5.56. The van der Waals surface area contributed by atoms with E-state index in [0.29, 0.717) is 42.3 Å². The van der Waals surface area contributed by atoms with Crippen LogP contribution in [0.25, 0.3) is 55.4 Å². The van der Waals surface area contributed by atoms with Crippen molar-refractivity contribution in [2.75, 3.05) is 23.8 Å². The molecular weight excluding hydrogens is 1110 g/mol. The van der Waals surface area contributed by atoms with Gasteiger partial charge in [-0.05, 0) is 127 Å². The number of hydrogen-bond donors (Lipinski definition) is 6. The van der Waals surface area contributed by atoms with Gasteiger partial charge in [0.15, 0.2) is 0 Å². The number of rotatable bonds is 18. The Balaban J connectivity index is 0.000000181. The van der Waals surface area contributed by atoms with Gasteiger partial charge in [0, 0.05) is 91.5 Å². The van der Waals surface area contributed by atoms with Gasteiger partial charge in [-0.3, -0.25) is 0 Å². The summed E-state index contributed by atoms with van der Waals surface area (Å²) in [5.41, 5.74) is 11.9. The highest BCUT2D eigenvalue weighted by molar-refractivity contribution is 9.10. The fraction of sp³-hybridized carbons (Fsp3) is 0.483. The van der Waals surface area contributed by atoms with E-state index >= 15 is 0 Å². The molecular formula is C58H80BBrN10O8Si2. The van der Waals surface area contributed by atoms with Crippen LogP contribution in [-0.2, 0) is 22.9 Å². The highest BCUT2D eigenvalue weighted by Gasteiger charge is 2.28. The molecule has 6 heterocycles. The number of nitrogens with one attached hydrogen (secondary N) is 2. The molecule has 2 aliphatic carbocycles. The van der Waals surface area contributed by atoms with E-state index < -0.39 is 23.3 Å². The van der Waals surface area contributed by atoms with E-state index in [1.165, 1.54) is 0 Å². The normalized spacial score (nSPS) is 17.4. The summed E-state index contributed by atoms with van der Waals surface area (Å²) >= 11 is 3.61. The van der Waals surface area contributed by atoms with Crippen LogP contribution in [0.4, 0.5) is 11.9 Å². The van der Waals surface area contributed by atoms with Crippen LogP contribution in [0.5, 0.6) is 0 Å². The Labute approximate surface area is 480 Å². The molecule has 2 aliphatic rings. The lowest BCUT2D eigenvalue weighted by atomic mass is 9.79. The van der Waals surface area contributed by atoms with Crippen LogP contribution >= 0.6 is 15.9 Å². The van der Waals surface area contributed by atoms with Crippen molar-refractivity contribution < 1.29 is 38.8 Å². The third-order valence-corrected chi connectivity index (χ3v) is 18.8. The van der Waals surface area contributed by atoms with Gasteiger partial charge in [-0.15, -0.1) is 0 Å². The first-order chi connectivity index (χ1) is 37.9. The zero-order chi connectivity index (χ0) is 57.6. The van der Waals surface area contributed by atoms with Crippen LogP contribution in [-0.4, -0.2) is 120 Å². The summed E-state index contributed by atoms with van der Waals surface area (Å²) in [6, 6.07) is 15.1. The van der Waals surface area contributed by atoms with Gasteiger partial charge < -0.3 is 58.5 Å². The van der Waals surface area contributed by atoms with Gasteiger partial charge in [0.05, 0.1) is 58.1 Å². The molecule has 0 saturated heterocycles. The number of aliphatic hydroxyl groups excluding tert-OH is 2. The molecule has 10 rings (SSSR count). The van der Waals surface area contributed by atoms with Crippen molar-refractivity contribution in [3.05, 3.63) is 99.7 Å². The zero-order valence-electron chi connectivity index (χ0n) is 48.5. The van der Waals surface area contributed by atoms with Crippen molar-refractivity contribution in [2.45, 2.75) is 169 Å². The quantitative estimate of drug-likeness (QED) is 0.0346. The number of halogens is 1. The number of hydrogen-bond acceptors (Lipinski definition) is 16. The molecule has 0 spiro atoms. The number of benzene rings is 2. The molecule has 6 N–H and O–H groups in total. The van der Waals surface area contributed by atoms with E-state index in [0.717, 1.165) is 146 Å². The van der Waals surface area contributed by atoms with Gasteiger partial charge in [0.25, 0.3) is 0 Å². The molecule has 0 aliphatic heterocycles. The predicted octanol–water partition coefficient (Wildman–Crippen LogP) is 11.1. The third-order valence-electron chi connectivity index (χ3n) is 14.9. The summed E-state index contributed by atoms with van der Waals surface area (Å²) < 4.78 is 27.7. The number of aromatic nitrogens is 8. The molecule has 0 unspecified atom stereocenters. The Morgan fingerprint density at radius 3 is 1.54 bits per heavy atom. The molecule has 80 heavy (non-hydrogen) atoms. The van der Waals surface area contributed by atoms with E-state index in [1.54, 1.807) is 13.8 Å². The first kappa shape index (κ1) is 60.5. The summed E-state index contributed by atoms with van der Waals surface area (Å²) in [4.78, 5) is 18.8. The summed E-state index contributed by atoms with van der Waals surface area (Å²) in [6.07, 6.45) is 12.8. The number of aryl methyl sites for hydroxylation is 6. The lowest BCUT2D eigenvalue weighted by molar-refractivity contribution is 0.0902. The van der Waals surface area contributed by atoms with Crippen molar-refractivity contribution in [1.82, 2.24) is 39.4 Å². The topological polar surface area (TPSA) is 237 Å².